The predicted molar refractivity (Wildman–Crippen MR) is 108 cm³/mol. The summed E-state index contributed by atoms with van der Waals surface area (Å²) < 4.78 is 0. The van der Waals surface area contributed by atoms with Crippen molar-refractivity contribution in [3.05, 3.63) is 95.6 Å². The van der Waals surface area contributed by atoms with Crippen LogP contribution in [0.15, 0.2) is 84.0 Å². The first-order valence-corrected chi connectivity index (χ1v) is 8.66. The Kier molecular flexibility index (Phi) is 6.15. The molecule has 0 atom stereocenters. The van der Waals surface area contributed by atoms with Crippen LogP contribution in [0.3, 0.4) is 0 Å². The molecule has 0 aliphatic carbocycles. The smallest absolute Gasteiger partial charge is 0.271 e. The molecule has 0 heterocycles. The largest absolute Gasteiger partial charge is 0.508 e. The number of aromatic hydroxyl groups is 1. The SMILES string of the molecule is O=C(Cc1ccccc1)Nc1ccc(C(=O)N/N=C\c2ccc(O)cc2)cc1. The number of hydrazone groups is 1. The van der Waals surface area contributed by atoms with Crippen molar-refractivity contribution in [1.29, 1.82) is 0 Å². The lowest BCUT2D eigenvalue weighted by Gasteiger charge is -2.06. The molecule has 0 aliphatic rings. The maximum Gasteiger partial charge on any atom is 0.271 e. The zero-order chi connectivity index (χ0) is 19.8. The van der Waals surface area contributed by atoms with Gasteiger partial charge in [0.15, 0.2) is 0 Å². The number of hydrogen-bond acceptors (Lipinski definition) is 4. The molecule has 6 heteroatoms. The average Bonchev–Trinajstić information content (AvgIpc) is 2.70. The van der Waals surface area contributed by atoms with Gasteiger partial charge in [0, 0.05) is 11.3 Å². The summed E-state index contributed by atoms with van der Waals surface area (Å²) in [6, 6.07) is 22.5. The molecule has 28 heavy (non-hydrogen) atoms. The first-order valence-electron chi connectivity index (χ1n) is 8.66. The van der Waals surface area contributed by atoms with E-state index in [1.165, 1.54) is 18.3 Å². The Balaban J connectivity index is 1.52. The Morgan fingerprint density at radius 3 is 2.25 bits per heavy atom. The van der Waals surface area contributed by atoms with Crippen molar-refractivity contribution in [3.8, 4) is 5.75 Å². The lowest BCUT2D eigenvalue weighted by molar-refractivity contribution is -0.115. The Morgan fingerprint density at radius 1 is 0.893 bits per heavy atom. The number of amides is 2. The second-order valence-electron chi connectivity index (χ2n) is 6.08. The summed E-state index contributed by atoms with van der Waals surface area (Å²) in [6.07, 6.45) is 1.77. The number of carbonyl (C=O) groups excluding carboxylic acids is 2. The summed E-state index contributed by atoms with van der Waals surface area (Å²) in [5.74, 6) is -0.323. The second-order valence-corrected chi connectivity index (χ2v) is 6.08. The van der Waals surface area contributed by atoms with Crippen LogP contribution in [0, 0.1) is 0 Å². The number of anilines is 1. The van der Waals surface area contributed by atoms with Gasteiger partial charge in [-0.05, 0) is 59.7 Å². The van der Waals surface area contributed by atoms with Crippen LogP contribution >= 0.6 is 0 Å². The van der Waals surface area contributed by atoms with E-state index < -0.39 is 0 Å². The molecule has 3 N–H and O–H groups in total. The van der Waals surface area contributed by atoms with Crippen molar-refractivity contribution in [2.24, 2.45) is 5.10 Å². The summed E-state index contributed by atoms with van der Waals surface area (Å²) in [5.41, 5.74) is 5.15. The number of rotatable bonds is 6. The molecule has 0 saturated carbocycles. The summed E-state index contributed by atoms with van der Waals surface area (Å²) in [7, 11) is 0. The minimum Gasteiger partial charge on any atom is -0.508 e. The van der Waals surface area contributed by atoms with Gasteiger partial charge in [0.1, 0.15) is 5.75 Å². The predicted octanol–water partition coefficient (Wildman–Crippen LogP) is 3.34. The van der Waals surface area contributed by atoms with Gasteiger partial charge < -0.3 is 10.4 Å². The third kappa shape index (κ3) is 5.54. The maximum absolute atomic E-state index is 12.1. The summed E-state index contributed by atoms with van der Waals surface area (Å²) in [5, 5.41) is 15.9. The van der Waals surface area contributed by atoms with Crippen molar-refractivity contribution < 1.29 is 14.7 Å². The van der Waals surface area contributed by atoms with Gasteiger partial charge >= 0.3 is 0 Å². The standard InChI is InChI=1S/C22H19N3O3/c26-20-12-6-17(7-13-20)15-23-25-22(28)18-8-10-19(11-9-18)24-21(27)14-16-4-2-1-3-5-16/h1-13,15,26H,14H2,(H,24,27)(H,25,28)/b23-15-. The van der Waals surface area contributed by atoms with Crippen LogP contribution in [-0.2, 0) is 11.2 Å². The van der Waals surface area contributed by atoms with Gasteiger partial charge in [0.2, 0.25) is 5.91 Å². The Labute approximate surface area is 162 Å². The molecule has 3 aromatic rings. The topological polar surface area (TPSA) is 90.8 Å². The number of phenolic OH excluding ortho intramolecular Hbond substituents is 1. The molecule has 3 aromatic carbocycles. The van der Waals surface area contributed by atoms with Gasteiger partial charge in [-0.1, -0.05) is 30.3 Å². The van der Waals surface area contributed by atoms with E-state index in [1.54, 1.807) is 36.4 Å². The molecule has 3 rings (SSSR count). The minimum atomic E-state index is -0.364. The van der Waals surface area contributed by atoms with Gasteiger partial charge in [0.25, 0.3) is 5.91 Å². The van der Waals surface area contributed by atoms with Gasteiger partial charge in [-0.2, -0.15) is 5.10 Å². The molecular formula is C22H19N3O3. The van der Waals surface area contributed by atoms with Gasteiger partial charge in [-0.3, -0.25) is 9.59 Å². The third-order valence-electron chi connectivity index (χ3n) is 3.91. The Morgan fingerprint density at radius 2 is 1.57 bits per heavy atom. The van der Waals surface area contributed by atoms with Crippen molar-refractivity contribution >= 4 is 23.7 Å². The zero-order valence-corrected chi connectivity index (χ0v) is 15.0. The van der Waals surface area contributed by atoms with E-state index in [0.29, 0.717) is 11.3 Å². The normalized spacial score (nSPS) is 10.6. The van der Waals surface area contributed by atoms with Crippen LogP contribution in [0.5, 0.6) is 5.75 Å². The first kappa shape index (κ1) is 18.8. The average molecular weight is 373 g/mol. The molecule has 0 aliphatic heterocycles. The Hall–Kier alpha value is -3.93. The molecule has 0 aromatic heterocycles. The molecule has 0 unspecified atom stereocenters. The number of phenols is 1. The van der Waals surface area contributed by atoms with Crippen LogP contribution in [0.2, 0.25) is 0 Å². The molecule has 0 bridgehead atoms. The first-order chi connectivity index (χ1) is 13.6. The molecule has 6 nitrogen and oxygen atoms in total. The minimum absolute atomic E-state index is 0.123. The number of hydrogen-bond donors (Lipinski definition) is 3. The van der Waals surface area contributed by atoms with E-state index in [0.717, 1.165) is 11.1 Å². The molecule has 0 saturated heterocycles. The summed E-state index contributed by atoms with van der Waals surface area (Å²) in [6.45, 7) is 0. The molecule has 0 spiro atoms. The van der Waals surface area contributed by atoms with Crippen molar-refractivity contribution in [2.75, 3.05) is 5.32 Å². The van der Waals surface area contributed by atoms with Crippen LogP contribution < -0.4 is 10.7 Å². The third-order valence-corrected chi connectivity index (χ3v) is 3.91. The van der Waals surface area contributed by atoms with Crippen molar-refractivity contribution in [2.45, 2.75) is 6.42 Å². The van der Waals surface area contributed by atoms with Gasteiger partial charge in [0.05, 0.1) is 12.6 Å². The van der Waals surface area contributed by atoms with E-state index in [9.17, 15) is 14.7 Å². The molecule has 2 amide bonds. The number of carbonyl (C=O) groups is 2. The highest BCUT2D eigenvalue weighted by Gasteiger charge is 2.07. The lowest BCUT2D eigenvalue weighted by atomic mass is 10.1. The summed E-state index contributed by atoms with van der Waals surface area (Å²) in [4.78, 5) is 24.2. The van der Waals surface area contributed by atoms with Crippen LogP contribution in [0.1, 0.15) is 21.5 Å². The van der Waals surface area contributed by atoms with Crippen LogP contribution in [0.25, 0.3) is 0 Å². The number of nitrogens with zero attached hydrogens (tertiary/aromatic N) is 1. The van der Waals surface area contributed by atoms with Crippen molar-refractivity contribution in [1.82, 2.24) is 5.43 Å². The molecule has 0 radical (unpaired) electrons. The zero-order valence-electron chi connectivity index (χ0n) is 15.0. The summed E-state index contributed by atoms with van der Waals surface area (Å²) >= 11 is 0. The van der Waals surface area contributed by atoms with Gasteiger partial charge in [-0.15, -0.1) is 0 Å². The fourth-order valence-corrected chi connectivity index (χ4v) is 2.48. The maximum atomic E-state index is 12.1. The quantitative estimate of drug-likeness (QED) is 0.457. The highest BCUT2D eigenvalue weighted by molar-refractivity contribution is 5.96. The second kappa shape index (κ2) is 9.14. The van der Waals surface area contributed by atoms with Crippen molar-refractivity contribution in [3.63, 3.8) is 0 Å². The monoisotopic (exact) mass is 373 g/mol. The van der Waals surface area contributed by atoms with E-state index >= 15 is 0 Å². The van der Waals surface area contributed by atoms with E-state index in [4.69, 9.17) is 0 Å². The van der Waals surface area contributed by atoms with E-state index in [-0.39, 0.29) is 24.0 Å². The van der Waals surface area contributed by atoms with Crippen LogP contribution in [-0.4, -0.2) is 23.1 Å². The highest BCUT2D eigenvalue weighted by Crippen LogP contribution is 2.11. The van der Waals surface area contributed by atoms with Gasteiger partial charge in [-0.25, -0.2) is 5.43 Å². The number of nitrogens with one attached hydrogen (secondary N) is 2. The highest BCUT2D eigenvalue weighted by atomic mass is 16.3. The van der Waals surface area contributed by atoms with E-state index in [2.05, 4.69) is 15.8 Å². The molecule has 0 fully saturated rings. The number of benzene rings is 3. The lowest BCUT2D eigenvalue weighted by Crippen LogP contribution is -2.18. The van der Waals surface area contributed by atoms with Crippen LogP contribution in [0.4, 0.5) is 5.69 Å². The fourth-order valence-electron chi connectivity index (χ4n) is 2.48. The Bertz CT molecular complexity index is 966. The molecular weight excluding hydrogens is 354 g/mol. The van der Waals surface area contributed by atoms with E-state index in [1.807, 2.05) is 30.3 Å². The fraction of sp³-hybridized carbons (Fsp3) is 0.0455. The molecule has 140 valence electrons.